The second-order valence-electron chi connectivity index (χ2n) is 3.12. The molecule has 0 heterocycles. The van der Waals surface area contributed by atoms with E-state index in [0.29, 0.717) is 12.0 Å². The van der Waals surface area contributed by atoms with Gasteiger partial charge in [0.2, 0.25) is 0 Å². The summed E-state index contributed by atoms with van der Waals surface area (Å²) in [5, 5.41) is 9.77. The van der Waals surface area contributed by atoms with E-state index >= 15 is 0 Å². The van der Waals surface area contributed by atoms with Crippen molar-refractivity contribution in [1.29, 1.82) is 0 Å². The third-order valence-electron chi connectivity index (χ3n) is 2.12. The van der Waals surface area contributed by atoms with Crippen LogP contribution in [0.1, 0.15) is 25.0 Å². The van der Waals surface area contributed by atoms with Gasteiger partial charge in [-0.25, -0.2) is 0 Å². The molecule has 0 aliphatic carbocycles. The maximum atomic E-state index is 11.3. The fraction of sp³-hybridized carbons (Fsp3) is 0.250. The lowest BCUT2D eigenvalue weighted by atomic mass is 9.99. The number of aliphatic hydroxyl groups is 1. The van der Waals surface area contributed by atoms with Crippen molar-refractivity contribution in [2.75, 3.05) is 0 Å². The third-order valence-corrected chi connectivity index (χ3v) is 2.12. The van der Waals surface area contributed by atoms with Gasteiger partial charge in [-0.2, -0.15) is 0 Å². The number of carbonyl (C=O) groups excluding carboxylic acids is 1. The molecule has 1 aromatic rings. The standard InChI is InChI=1S/C12H14O2/c1-3-11(13)9(2)12(14)10-7-5-4-6-8-10/h4-8,12,14H,2-3H2,1H3/t12-/m1/s1. The summed E-state index contributed by atoms with van der Waals surface area (Å²) >= 11 is 0. The van der Waals surface area contributed by atoms with Crippen LogP contribution in [0.2, 0.25) is 0 Å². The lowest BCUT2D eigenvalue weighted by molar-refractivity contribution is -0.116. The molecule has 0 fully saturated rings. The molecule has 0 bridgehead atoms. The Hall–Kier alpha value is -1.41. The predicted octanol–water partition coefficient (Wildman–Crippen LogP) is 2.26. The second-order valence-corrected chi connectivity index (χ2v) is 3.12. The maximum Gasteiger partial charge on any atom is 0.160 e. The normalized spacial score (nSPS) is 12.1. The zero-order valence-electron chi connectivity index (χ0n) is 8.23. The maximum absolute atomic E-state index is 11.3. The first-order valence-corrected chi connectivity index (χ1v) is 4.61. The Balaban J connectivity index is 2.81. The molecule has 0 saturated carbocycles. The fourth-order valence-corrected chi connectivity index (χ4v) is 1.22. The van der Waals surface area contributed by atoms with Crippen LogP contribution in [0.4, 0.5) is 0 Å². The Morgan fingerprint density at radius 2 is 2.00 bits per heavy atom. The minimum absolute atomic E-state index is 0.0960. The number of Topliss-reactive ketones (excluding diaryl/α,β-unsaturated/α-hetero) is 1. The molecule has 14 heavy (non-hydrogen) atoms. The highest BCUT2D eigenvalue weighted by Gasteiger charge is 2.15. The molecule has 0 spiro atoms. The summed E-state index contributed by atoms with van der Waals surface area (Å²) in [6.45, 7) is 5.36. The van der Waals surface area contributed by atoms with Crippen molar-refractivity contribution in [3.8, 4) is 0 Å². The third kappa shape index (κ3) is 2.30. The Bertz CT molecular complexity index is 327. The molecule has 74 valence electrons. The molecule has 0 radical (unpaired) electrons. The van der Waals surface area contributed by atoms with Gasteiger partial charge in [0.1, 0.15) is 6.10 Å². The van der Waals surface area contributed by atoms with E-state index in [1.54, 1.807) is 19.1 Å². The number of rotatable bonds is 4. The molecular formula is C12H14O2. The van der Waals surface area contributed by atoms with Crippen LogP contribution in [-0.4, -0.2) is 10.9 Å². The molecule has 0 aliphatic rings. The molecule has 0 aliphatic heterocycles. The highest BCUT2D eigenvalue weighted by Crippen LogP contribution is 2.20. The summed E-state index contributed by atoms with van der Waals surface area (Å²) in [4.78, 5) is 11.3. The van der Waals surface area contributed by atoms with Crippen LogP contribution >= 0.6 is 0 Å². The summed E-state index contributed by atoms with van der Waals surface area (Å²) in [6, 6.07) is 9.06. The van der Waals surface area contributed by atoms with Crippen molar-refractivity contribution in [3.05, 3.63) is 48.0 Å². The largest absolute Gasteiger partial charge is 0.384 e. The Morgan fingerprint density at radius 3 is 2.50 bits per heavy atom. The van der Waals surface area contributed by atoms with Crippen LogP contribution in [-0.2, 0) is 4.79 Å². The van der Waals surface area contributed by atoms with Crippen LogP contribution in [0, 0.1) is 0 Å². The van der Waals surface area contributed by atoms with Gasteiger partial charge in [-0.05, 0) is 5.56 Å². The smallest absolute Gasteiger partial charge is 0.160 e. The van der Waals surface area contributed by atoms with Crippen molar-refractivity contribution in [2.24, 2.45) is 0 Å². The van der Waals surface area contributed by atoms with Crippen LogP contribution < -0.4 is 0 Å². The lowest BCUT2D eigenvalue weighted by Crippen LogP contribution is -2.09. The molecular weight excluding hydrogens is 176 g/mol. The Labute approximate surface area is 83.9 Å². The molecule has 0 saturated heterocycles. The van der Waals surface area contributed by atoms with E-state index in [1.165, 1.54) is 0 Å². The first kappa shape index (κ1) is 10.7. The zero-order valence-corrected chi connectivity index (χ0v) is 8.23. The Kier molecular flexibility index (Phi) is 3.60. The van der Waals surface area contributed by atoms with Gasteiger partial charge in [-0.1, -0.05) is 43.8 Å². The van der Waals surface area contributed by atoms with Crippen LogP contribution in [0.25, 0.3) is 0 Å². The van der Waals surface area contributed by atoms with Gasteiger partial charge in [0.25, 0.3) is 0 Å². The molecule has 1 aromatic carbocycles. The van der Waals surface area contributed by atoms with E-state index in [0.717, 1.165) is 0 Å². The molecule has 1 rings (SSSR count). The summed E-state index contributed by atoms with van der Waals surface area (Å²) in [5.41, 5.74) is 0.970. The number of benzene rings is 1. The van der Waals surface area contributed by atoms with E-state index in [2.05, 4.69) is 6.58 Å². The topological polar surface area (TPSA) is 37.3 Å². The van der Waals surface area contributed by atoms with E-state index in [-0.39, 0.29) is 11.4 Å². The molecule has 0 aromatic heterocycles. The first-order valence-electron chi connectivity index (χ1n) is 4.61. The molecule has 0 unspecified atom stereocenters. The van der Waals surface area contributed by atoms with E-state index in [1.807, 2.05) is 18.2 Å². The summed E-state index contributed by atoms with van der Waals surface area (Å²) in [6.07, 6.45) is -0.494. The predicted molar refractivity (Wildman–Crippen MR) is 55.8 cm³/mol. The van der Waals surface area contributed by atoms with Crippen LogP contribution in [0.5, 0.6) is 0 Å². The van der Waals surface area contributed by atoms with Crippen molar-refractivity contribution >= 4 is 5.78 Å². The summed E-state index contributed by atoms with van der Waals surface area (Å²) < 4.78 is 0. The van der Waals surface area contributed by atoms with Crippen LogP contribution in [0.3, 0.4) is 0 Å². The molecule has 2 heteroatoms. The second kappa shape index (κ2) is 4.72. The Morgan fingerprint density at radius 1 is 1.43 bits per heavy atom. The van der Waals surface area contributed by atoms with E-state index in [4.69, 9.17) is 0 Å². The number of hydrogen-bond acceptors (Lipinski definition) is 2. The van der Waals surface area contributed by atoms with Gasteiger partial charge in [0.05, 0.1) is 0 Å². The van der Waals surface area contributed by atoms with Gasteiger partial charge < -0.3 is 5.11 Å². The van der Waals surface area contributed by atoms with Crippen LogP contribution in [0.15, 0.2) is 42.5 Å². The number of aliphatic hydroxyl groups excluding tert-OH is 1. The summed E-state index contributed by atoms with van der Waals surface area (Å²) in [5.74, 6) is -0.0960. The zero-order chi connectivity index (χ0) is 10.6. The molecule has 2 nitrogen and oxygen atoms in total. The minimum Gasteiger partial charge on any atom is -0.384 e. The average Bonchev–Trinajstić information content (AvgIpc) is 2.27. The summed E-state index contributed by atoms with van der Waals surface area (Å²) in [7, 11) is 0. The highest BCUT2D eigenvalue weighted by atomic mass is 16.3. The van der Waals surface area contributed by atoms with Crippen molar-refractivity contribution in [2.45, 2.75) is 19.4 Å². The van der Waals surface area contributed by atoms with E-state index < -0.39 is 6.10 Å². The quantitative estimate of drug-likeness (QED) is 0.739. The first-order chi connectivity index (χ1) is 6.66. The van der Waals surface area contributed by atoms with Crippen molar-refractivity contribution < 1.29 is 9.90 Å². The SMILES string of the molecule is C=C(C(=O)CC)[C@@H](O)c1ccccc1. The average molecular weight is 190 g/mol. The van der Waals surface area contributed by atoms with Gasteiger partial charge in [-0.15, -0.1) is 0 Å². The lowest BCUT2D eigenvalue weighted by Gasteiger charge is -2.12. The molecule has 1 N–H and O–H groups in total. The number of carbonyl (C=O) groups is 1. The van der Waals surface area contributed by atoms with Crippen molar-refractivity contribution in [1.82, 2.24) is 0 Å². The van der Waals surface area contributed by atoms with Gasteiger partial charge >= 0.3 is 0 Å². The van der Waals surface area contributed by atoms with Gasteiger partial charge in [0, 0.05) is 12.0 Å². The monoisotopic (exact) mass is 190 g/mol. The van der Waals surface area contributed by atoms with Gasteiger partial charge in [0.15, 0.2) is 5.78 Å². The van der Waals surface area contributed by atoms with E-state index in [9.17, 15) is 9.90 Å². The molecule has 1 atom stereocenters. The van der Waals surface area contributed by atoms with Crippen molar-refractivity contribution in [3.63, 3.8) is 0 Å². The van der Waals surface area contributed by atoms with Gasteiger partial charge in [-0.3, -0.25) is 4.79 Å². The fourth-order valence-electron chi connectivity index (χ4n) is 1.22. The number of ketones is 1. The minimum atomic E-state index is -0.872. The highest BCUT2D eigenvalue weighted by molar-refractivity contribution is 5.95. The molecule has 0 amide bonds. The number of hydrogen-bond donors (Lipinski definition) is 1.